The van der Waals surface area contributed by atoms with Gasteiger partial charge in [0.05, 0.1) is 18.3 Å². The Bertz CT molecular complexity index is 749. The number of rotatable bonds is 4. The van der Waals surface area contributed by atoms with Crippen molar-refractivity contribution in [1.29, 1.82) is 0 Å². The Hall–Kier alpha value is -2.01. The van der Waals surface area contributed by atoms with Gasteiger partial charge in [-0.15, -0.1) is 0 Å². The summed E-state index contributed by atoms with van der Waals surface area (Å²) in [6.07, 6.45) is 1.85. The lowest BCUT2D eigenvalue weighted by Gasteiger charge is -2.28. The molecule has 24 heavy (non-hydrogen) atoms. The van der Waals surface area contributed by atoms with E-state index in [4.69, 9.17) is 9.73 Å². The van der Waals surface area contributed by atoms with Crippen LogP contribution in [0, 0.1) is 0 Å². The number of aliphatic imine (C=N–C) groups is 1. The van der Waals surface area contributed by atoms with Gasteiger partial charge in [0.1, 0.15) is 11.8 Å². The van der Waals surface area contributed by atoms with E-state index in [0.29, 0.717) is 11.9 Å². The molecule has 2 aromatic rings. The topological polar surface area (TPSA) is 37.7 Å². The van der Waals surface area contributed by atoms with Crippen LogP contribution in [-0.2, 0) is 0 Å². The number of hydrogen-bond donors (Lipinski definition) is 0. The van der Waals surface area contributed by atoms with Crippen LogP contribution in [0.2, 0.25) is 0 Å². The zero-order valence-corrected chi connectivity index (χ0v) is 14.7. The van der Waals surface area contributed by atoms with Crippen molar-refractivity contribution >= 4 is 16.9 Å². The molecule has 1 aromatic carbocycles. The highest BCUT2D eigenvalue weighted by atomic mass is 32.2. The van der Waals surface area contributed by atoms with Crippen LogP contribution in [0.1, 0.15) is 37.2 Å². The van der Waals surface area contributed by atoms with E-state index in [-0.39, 0.29) is 12.1 Å². The van der Waals surface area contributed by atoms with Gasteiger partial charge in [0.25, 0.3) is 0 Å². The van der Waals surface area contributed by atoms with E-state index in [2.05, 4.69) is 41.1 Å². The summed E-state index contributed by atoms with van der Waals surface area (Å²) >= 11 is 1.86. The highest BCUT2D eigenvalue weighted by Gasteiger charge is 2.44. The summed E-state index contributed by atoms with van der Waals surface area (Å²) in [6.45, 7) is 5.96. The zero-order valence-electron chi connectivity index (χ0n) is 13.9. The van der Waals surface area contributed by atoms with Crippen LogP contribution in [0.15, 0.2) is 53.7 Å². The van der Waals surface area contributed by atoms with Crippen molar-refractivity contribution in [2.75, 3.05) is 13.2 Å². The smallest absolute Gasteiger partial charge is 0.160 e. The molecule has 0 radical (unpaired) electrons. The largest absolute Gasteiger partial charge is 0.494 e. The summed E-state index contributed by atoms with van der Waals surface area (Å²) in [5.74, 6) is 0.951. The molecule has 0 saturated carbocycles. The number of benzene rings is 1. The minimum atomic E-state index is 0.0165. The molecular formula is C19H21N3OS. The Morgan fingerprint density at radius 1 is 1.21 bits per heavy atom. The molecule has 0 aliphatic carbocycles. The number of fused-ring (bicyclic) bond motifs is 1. The van der Waals surface area contributed by atoms with Crippen molar-refractivity contribution < 1.29 is 4.74 Å². The summed E-state index contributed by atoms with van der Waals surface area (Å²) in [6, 6.07) is 14.6. The molecule has 0 N–H and O–H groups in total. The molecule has 4 rings (SSSR count). The van der Waals surface area contributed by atoms with Gasteiger partial charge >= 0.3 is 0 Å². The molecule has 0 amide bonds. The predicted octanol–water partition coefficient (Wildman–Crippen LogP) is 4.07. The number of pyridine rings is 1. The normalized spacial score (nSPS) is 25.5. The molecule has 2 aliphatic rings. The second kappa shape index (κ2) is 6.48. The highest BCUT2D eigenvalue weighted by molar-refractivity contribution is 8.14. The molecule has 3 heterocycles. The maximum atomic E-state index is 5.90. The first-order chi connectivity index (χ1) is 11.8. The Morgan fingerprint density at radius 3 is 2.83 bits per heavy atom. The first-order valence-electron chi connectivity index (χ1n) is 8.41. The highest BCUT2D eigenvalue weighted by Crippen LogP contribution is 2.49. The van der Waals surface area contributed by atoms with Crippen molar-refractivity contribution in [2.24, 2.45) is 4.99 Å². The van der Waals surface area contributed by atoms with E-state index in [9.17, 15) is 0 Å². The van der Waals surface area contributed by atoms with Crippen LogP contribution in [0.4, 0.5) is 0 Å². The fourth-order valence-electron chi connectivity index (χ4n) is 3.47. The van der Waals surface area contributed by atoms with Crippen LogP contribution in [0.5, 0.6) is 5.75 Å². The number of nitrogens with zero attached hydrogens (tertiary/aromatic N) is 3. The zero-order chi connectivity index (χ0) is 16.5. The van der Waals surface area contributed by atoms with Crippen LogP contribution in [0.3, 0.4) is 0 Å². The minimum absolute atomic E-state index is 0.0165. The second-order valence-corrected chi connectivity index (χ2v) is 7.51. The molecular weight excluding hydrogens is 318 g/mol. The maximum absolute atomic E-state index is 5.90. The van der Waals surface area contributed by atoms with Gasteiger partial charge < -0.3 is 9.64 Å². The summed E-state index contributed by atoms with van der Waals surface area (Å²) in [5, 5.41) is 1.70. The first-order valence-corrected chi connectivity index (χ1v) is 9.29. The van der Waals surface area contributed by atoms with E-state index < -0.39 is 0 Å². The SMILES string of the molecule is CCOc1ccccc1[C@@H]1[C@@H](c2ccccn2)N=C2S[C@@H](C)CN21. The van der Waals surface area contributed by atoms with Gasteiger partial charge in [-0.2, -0.15) is 0 Å². The maximum Gasteiger partial charge on any atom is 0.160 e. The lowest BCUT2D eigenvalue weighted by Crippen LogP contribution is -2.29. The number of amidine groups is 1. The van der Waals surface area contributed by atoms with Gasteiger partial charge in [0.2, 0.25) is 0 Å². The molecule has 3 atom stereocenters. The molecule has 0 unspecified atom stereocenters. The Kier molecular flexibility index (Phi) is 4.19. The third-order valence-electron chi connectivity index (χ3n) is 4.42. The quantitative estimate of drug-likeness (QED) is 0.841. The second-order valence-electron chi connectivity index (χ2n) is 6.11. The number of ether oxygens (including phenoxy) is 1. The number of hydrogen-bond acceptors (Lipinski definition) is 5. The van der Waals surface area contributed by atoms with E-state index in [0.717, 1.165) is 23.2 Å². The van der Waals surface area contributed by atoms with Crippen LogP contribution < -0.4 is 4.74 Å². The van der Waals surface area contributed by atoms with Crippen molar-refractivity contribution in [3.8, 4) is 5.75 Å². The van der Waals surface area contributed by atoms with E-state index in [1.54, 1.807) is 0 Å². The summed E-state index contributed by atoms with van der Waals surface area (Å²) in [4.78, 5) is 12.0. The van der Waals surface area contributed by atoms with Gasteiger partial charge in [-0.3, -0.25) is 9.98 Å². The lowest BCUT2D eigenvalue weighted by molar-refractivity contribution is 0.292. The lowest BCUT2D eigenvalue weighted by atomic mass is 9.95. The molecule has 0 bridgehead atoms. The van der Waals surface area contributed by atoms with Gasteiger partial charge in [-0.05, 0) is 25.1 Å². The summed E-state index contributed by atoms with van der Waals surface area (Å²) in [7, 11) is 0. The fraction of sp³-hybridized carbons (Fsp3) is 0.368. The Morgan fingerprint density at radius 2 is 2.04 bits per heavy atom. The summed E-state index contributed by atoms with van der Waals surface area (Å²) < 4.78 is 5.90. The molecule has 0 spiro atoms. The van der Waals surface area contributed by atoms with Crippen LogP contribution in [0.25, 0.3) is 0 Å². The van der Waals surface area contributed by atoms with Crippen molar-refractivity contribution in [2.45, 2.75) is 31.2 Å². The van der Waals surface area contributed by atoms with Gasteiger partial charge in [0.15, 0.2) is 5.17 Å². The number of thioether (sulfide) groups is 1. The van der Waals surface area contributed by atoms with E-state index >= 15 is 0 Å². The molecule has 1 fully saturated rings. The first kappa shape index (κ1) is 15.5. The predicted molar refractivity (Wildman–Crippen MR) is 98.5 cm³/mol. The average Bonchev–Trinajstić information content (AvgIpc) is 3.12. The third kappa shape index (κ3) is 2.67. The molecule has 4 nitrogen and oxygen atoms in total. The van der Waals surface area contributed by atoms with Crippen LogP contribution >= 0.6 is 11.8 Å². The average molecular weight is 339 g/mol. The van der Waals surface area contributed by atoms with Crippen molar-refractivity contribution in [3.63, 3.8) is 0 Å². The Labute approximate surface area is 147 Å². The monoisotopic (exact) mass is 339 g/mol. The molecule has 124 valence electrons. The fourth-order valence-corrected chi connectivity index (χ4v) is 4.56. The molecule has 1 saturated heterocycles. The van der Waals surface area contributed by atoms with E-state index in [1.807, 2.05) is 43.1 Å². The van der Waals surface area contributed by atoms with Gasteiger partial charge in [-0.1, -0.05) is 43.0 Å². The number of para-hydroxylation sites is 1. The van der Waals surface area contributed by atoms with Gasteiger partial charge in [0, 0.05) is 23.6 Å². The minimum Gasteiger partial charge on any atom is -0.494 e. The van der Waals surface area contributed by atoms with Crippen LogP contribution in [-0.4, -0.2) is 33.5 Å². The van der Waals surface area contributed by atoms with Crippen molar-refractivity contribution in [1.82, 2.24) is 9.88 Å². The molecule has 2 aliphatic heterocycles. The Balaban J connectivity index is 1.79. The van der Waals surface area contributed by atoms with Gasteiger partial charge in [-0.25, -0.2) is 0 Å². The van der Waals surface area contributed by atoms with Crippen molar-refractivity contribution in [3.05, 3.63) is 59.9 Å². The van der Waals surface area contributed by atoms with E-state index in [1.165, 1.54) is 5.56 Å². The molecule has 1 aromatic heterocycles. The number of aromatic nitrogens is 1. The standard InChI is InChI=1S/C19H21N3OS/c1-3-23-16-10-5-4-8-14(16)18-17(15-9-6-7-11-20-15)21-19-22(18)12-13(2)24-19/h4-11,13,17-18H,3,12H2,1-2H3/t13-,17+,18+/m0/s1. The molecule has 5 heteroatoms. The summed E-state index contributed by atoms with van der Waals surface area (Å²) in [5.41, 5.74) is 2.22. The third-order valence-corrected chi connectivity index (χ3v) is 5.52.